The molecule has 1 atom stereocenters. The molecule has 1 aromatic rings. The van der Waals surface area contributed by atoms with Crippen LogP contribution in [-0.4, -0.2) is 34.6 Å². The maximum Gasteiger partial charge on any atom is 0.255 e. The molecule has 1 aliphatic rings. The number of anilines is 1. The van der Waals surface area contributed by atoms with Gasteiger partial charge < -0.3 is 15.7 Å². The molecule has 1 heterocycles. The van der Waals surface area contributed by atoms with Crippen molar-refractivity contribution in [1.82, 2.24) is 4.90 Å². The minimum absolute atomic E-state index is 0.159. The number of likely N-dealkylation sites (tertiary alicyclic amines) is 1. The molecule has 0 bridgehead atoms. The van der Waals surface area contributed by atoms with E-state index in [1.807, 2.05) is 0 Å². The number of carbonyl (C=O) groups excluding carboxylic acids is 1. The van der Waals surface area contributed by atoms with Crippen LogP contribution >= 0.6 is 11.6 Å². The van der Waals surface area contributed by atoms with E-state index >= 15 is 0 Å². The Morgan fingerprint density at radius 3 is 2.82 bits per heavy atom. The van der Waals surface area contributed by atoms with E-state index in [4.69, 9.17) is 17.3 Å². The van der Waals surface area contributed by atoms with Crippen LogP contribution in [0, 0.1) is 0 Å². The van der Waals surface area contributed by atoms with Crippen molar-refractivity contribution in [3.05, 3.63) is 28.8 Å². The molecule has 92 valence electrons. The van der Waals surface area contributed by atoms with Gasteiger partial charge in [-0.05, 0) is 31.5 Å². The van der Waals surface area contributed by atoms with E-state index in [2.05, 4.69) is 0 Å². The minimum Gasteiger partial charge on any atom is -0.399 e. The zero-order chi connectivity index (χ0) is 12.6. The van der Waals surface area contributed by atoms with Gasteiger partial charge >= 0.3 is 0 Å². The van der Waals surface area contributed by atoms with E-state index in [1.165, 1.54) is 0 Å². The second kappa shape index (κ2) is 4.20. The predicted molar refractivity (Wildman–Crippen MR) is 67.0 cm³/mol. The third-order valence-electron chi connectivity index (χ3n) is 2.96. The highest BCUT2D eigenvalue weighted by molar-refractivity contribution is 6.34. The van der Waals surface area contributed by atoms with E-state index in [-0.39, 0.29) is 5.91 Å². The summed E-state index contributed by atoms with van der Waals surface area (Å²) >= 11 is 5.98. The van der Waals surface area contributed by atoms with Crippen molar-refractivity contribution in [1.29, 1.82) is 0 Å². The molecule has 0 radical (unpaired) electrons. The summed E-state index contributed by atoms with van der Waals surface area (Å²) in [5.74, 6) is -0.159. The van der Waals surface area contributed by atoms with Gasteiger partial charge in [0.15, 0.2) is 0 Å². The Bertz CT molecular complexity index is 460. The number of amides is 1. The van der Waals surface area contributed by atoms with E-state index in [9.17, 15) is 9.90 Å². The van der Waals surface area contributed by atoms with Crippen LogP contribution in [0.2, 0.25) is 5.02 Å². The number of halogens is 1. The summed E-state index contributed by atoms with van der Waals surface area (Å²) in [5.41, 5.74) is 5.74. The van der Waals surface area contributed by atoms with Crippen LogP contribution in [0.5, 0.6) is 0 Å². The van der Waals surface area contributed by atoms with Crippen LogP contribution in [-0.2, 0) is 0 Å². The number of nitrogen functional groups attached to an aromatic ring is 1. The fourth-order valence-corrected chi connectivity index (χ4v) is 2.26. The first-order chi connectivity index (χ1) is 7.89. The minimum atomic E-state index is -0.796. The standard InChI is InChI=1S/C12H15ClN2O2/c1-12(17)4-5-15(7-12)11(16)9-3-2-8(14)6-10(9)13/h2-3,6,17H,4-5,7,14H2,1H3. The highest BCUT2D eigenvalue weighted by Gasteiger charge is 2.34. The molecule has 3 N–H and O–H groups in total. The topological polar surface area (TPSA) is 66.6 Å². The van der Waals surface area contributed by atoms with Crippen molar-refractivity contribution in [2.75, 3.05) is 18.8 Å². The van der Waals surface area contributed by atoms with Gasteiger partial charge in [-0.15, -0.1) is 0 Å². The summed E-state index contributed by atoms with van der Waals surface area (Å²) in [7, 11) is 0. The van der Waals surface area contributed by atoms with Crippen LogP contribution in [0.15, 0.2) is 18.2 Å². The zero-order valence-electron chi connectivity index (χ0n) is 9.61. The fraction of sp³-hybridized carbons (Fsp3) is 0.417. The molecule has 4 nitrogen and oxygen atoms in total. The van der Waals surface area contributed by atoms with Crippen LogP contribution in [0.1, 0.15) is 23.7 Å². The first-order valence-corrected chi connectivity index (χ1v) is 5.83. The molecule has 2 rings (SSSR count). The lowest BCUT2D eigenvalue weighted by atomic mass is 10.1. The lowest BCUT2D eigenvalue weighted by molar-refractivity contribution is 0.0572. The van der Waals surface area contributed by atoms with Crippen molar-refractivity contribution in [2.45, 2.75) is 18.9 Å². The third kappa shape index (κ3) is 2.53. The molecular formula is C12H15ClN2O2. The number of aliphatic hydroxyl groups is 1. The van der Waals surface area contributed by atoms with Gasteiger partial charge in [-0.3, -0.25) is 4.79 Å². The summed E-state index contributed by atoms with van der Waals surface area (Å²) in [6, 6.07) is 4.82. The summed E-state index contributed by atoms with van der Waals surface area (Å²) in [4.78, 5) is 13.8. The number of carbonyl (C=O) groups is 1. The molecule has 17 heavy (non-hydrogen) atoms. The van der Waals surface area contributed by atoms with E-state index in [0.29, 0.717) is 35.8 Å². The largest absolute Gasteiger partial charge is 0.399 e. The van der Waals surface area contributed by atoms with Gasteiger partial charge in [-0.1, -0.05) is 11.6 Å². The van der Waals surface area contributed by atoms with Crippen LogP contribution in [0.4, 0.5) is 5.69 Å². The molecule has 1 amide bonds. The van der Waals surface area contributed by atoms with Crippen molar-refractivity contribution >= 4 is 23.2 Å². The Labute approximate surface area is 105 Å². The molecular weight excluding hydrogens is 240 g/mol. The number of nitrogens with zero attached hydrogens (tertiary/aromatic N) is 1. The number of benzene rings is 1. The zero-order valence-corrected chi connectivity index (χ0v) is 10.4. The number of nitrogens with two attached hydrogens (primary N) is 1. The summed E-state index contributed by atoms with van der Waals surface area (Å²) in [6.07, 6.45) is 0.589. The first kappa shape index (κ1) is 12.2. The highest BCUT2D eigenvalue weighted by atomic mass is 35.5. The van der Waals surface area contributed by atoms with Gasteiger partial charge in [-0.2, -0.15) is 0 Å². The maximum absolute atomic E-state index is 12.2. The van der Waals surface area contributed by atoms with Gasteiger partial charge in [0.1, 0.15) is 0 Å². The summed E-state index contributed by atoms with van der Waals surface area (Å²) in [5, 5.41) is 10.2. The monoisotopic (exact) mass is 254 g/mol. The highest BCUT2D eigenvalue weighted by Crippen LogP contribution is 2.25. The first-order valence-electron chi connectivity index (χ1n) is 5.46. The van der Waals surface area contributed by atoms with E-state index in [1.54, 1.807) is 30.0 Å². The van der Waals surface area contributed by atoms with E-state index in [0.717, 1.165) is 0 Å². The van der Waals surface area contributed by atoms with Crippen LogP contribution in [0.25, 0.3) is 0 Å². The Balaban J connectivity index is 2.21. The molecule has 1 unspecified atom stereocenters. The number of rotatable bonds is 1. The fourth-order valence-electron chi connectivity index (χ4n) is 1.99. The third-order valence-corrected chi connectivity index (χ3v) is 3.28. The van der Waals surface area contributed by atoms with Gasteiger partial charge in [-0.25, -0.2) is 0 Å². The molecule has 1 aromatic carbocycles. The molecule has 0 aliphatic carbocycles. The maximum atomic E-state index is 12.2. The normalized spacial score (nSPS) is 24.1. The van der Waals surface area contributed by atoms with E-state index < -0.39 is 5.60 Å². The molecule has 1 fully saturated rings. The Morgan fingerprint density at radius 1 is 1.59 bits per heavy atom. The number of β-amino-alcohol motifs (C(OH)–C–C–N with tert-alkyl or cyclic N) is 1. The molecule has 5 heteroatoms. The van der Waals surface area contributed by atoms with Crippen molar-refractivity contribution in [3.8, 4) is 0 Å². The Kier molecular flexibility index (Phi) is 3.02. The average molecular weight is 255 g/mol. The van der Waals surface area contributed by atoms with Gasteiger partial charge in [0.05, 0.1) is 16.2 Å². The predicted octanol–water partition coefficient (Wildman–Crippen LogP) is 1.52. The quantitative estimate of drug-likeness (QED) is 0.747. The summed E-state index contributed by atoms with van der Waals surface area (Å²) in [6.45, 7) is 2.62. The number of hydrogen-bond acceptors (Lipinski definition) is 3. The van der Waals surface area contributed by atoms with Gasteiger partial charge in [0, 0.05) is 18.8 Å². The van der Waals surface area contributed by atoms with Crippen LogP contribution < -0.4 is 5.73 Å². The lowest BCUT2D eigenvalue weighted by Gasteiger charge is -2.19. The van der Waals surface area contributed by atoms with Crippen LogP contribution in [0.3, 0.4) is 0 Å². The number of hydrogen-bond donors (Lipinski definition) is 2. The SMILES string of the molecule is CC1(O)CCN(C(=O)c2ccc(N)cc2Cl)C1. The smallest absolute Gasteiger partial charge is 0.255 e. The van der Waals surface area contributed by atoms with Crippen molar-refractivity contribution < 1.29 is 9.90 Å². The average Bonchev–Trinajstić information content (AvgIpc) is 2.58. The second-order valence-electron chi connectivity index (χ2n) is 4.71. The molecule has 1 aliphatic heterocycles. The molecule has 0 aromatic heterocycles. The van der Waals surface area contributed by atoms with Crippen molar-refractivity contribution in [3.63, 3.8) is 0 Å². The molecule has 0 spiro atoms. The molecule has 0 saturated carbocycles. The Hall–Kier alpha value is -1.26. The lowest BCUT2D eigenvalue weighted by Crippen LogP contribution is -2.34. The second-order valence-corrected chi connectivity index (χ2v) is 5.12. The molecule has 1 saturated heterocycles. The van der Waals surface area contributed by atoms with Gasteiger partial charge in [0.25, 0.3) is 5.91 Å². The summed E-state index contributed by atoms with van der Waals surface area (Å²) < 4.78 is 0. The Morgan fingerprint density at radius 2 is 2.29 bits per heavy atom. The van der Waals surface area contributed by atoms with Crippen molar-refractivity contribution in [2.24, 2.45) is 0 Å². The van der Waals surface area contributed by atoms with Gasteiger partial charge in [0.2, 0.25) is 0 Å².